The molecule has 5 aliphatic rings. The summed E-state index contributed by atoms with van der Waals surface area (Å²) in [7, 11) is 0. The number of aliphatic hydroxyl groups excluding tert-OH is 1. The second kappa shape index (κ2) is 5.54. The van der Waals surface area contributed by atoms with Crippen molar-refractivity contribution in [3.63, 3.8) is 0 Å². The minimum absolute atomic E-state index is 0.102. The molecule has 2 heterocycles. The molecule has 4 atom stereocenters. The number of halogens is 1. The molecule has 0 spiro atoms. The highest BCUT2D eigenvalue weighted by molar-refractivity contribution is 9.09. The minimum atomic E-state index is -0.111. The number of aliphatic hydroxyl groups is 1. The summed E-state index contributed by atoms with van der Waals surface area (Å²) in [6, 6.07) is 4.42. The molecule has 0 saturated heterocycles. The molecule has 6 nitrogen and oxygen atoms in total. The summed E-state index contributed by atoms with van der Waals surface area (Å²) in [5.41, 5.74) is 1.60. The van der Waals surface area contributed by atoms with Crippen molar-refractivity contribution in [1.29, 1.82) is 5.26 Å². The molecular weight excluding hydrogens is 384 g/mol. The molecule has 4 saturated carbocycles. The van der Waals surface area contributed by atoms with Crippen molar-refractivity contribution in [2.24, 2.45) is 0 Å². The van der Waals surface area contributed by atoms with E-state index in [2.05, 4.69) is 37.9 Å². The lowest BCUT2D eigenvalue weighted by molar-refractivity contribution is -0.119. The Labute approximate surface area is 155 Å². The Kier molecular flexibility index (Phi) is 3.61. The van der Waals surface area contributed by atoms with Gasteiger partial charge in [0.15, 0.2) is 0 Å². The Morgan fingerprint density at radius 2 is 2.04 bits per heavy atom. The van der Waals surface area contributed by atoms with Crippen LogP contribution in [0.25, 0.3) is 0 Å². The largest absolute Gasteiger partial charge is 0.449 e. The van der Waals surface area contributed by atoms with Crippen LogP contribution in [-0.4, -0.2) is 34.5 Å². The van der Waals surface area contributed by atoms with Crippen LogP contribution in [0.5, 0.6) is 0 Å². The van der Waals surface area contributed by atoms with E-state index in [0.29, 0.717) is 23.9 Å². The Bertz CT molecular complexity index is 722. The highest BCUT2D eigenvalue weighted by Gasteiger charge is 2.68. The van der Waals surface area contributed by atoms with Crippen molar-refractivity contribution < 1.29 is 9.52 Å². The molecule has 134 valence electrons. The van der Waals surface area contributed by atoms with E-state index in [9.17, 15) is 5.11 Å². The van der Waals surface area contributed by atoms with Crippen LogP contribution >= 0.6 is 15.9 Å². The van der Waals surface area contributed by atoms with Crippen LogP contribution in [0.1, 0.15) is 60.4 Å². The Hall–Kier alpha value is -0.910. The van der Waals surface area contributed by atoms with E-state index in [0.717, 1.165) is 49.8 Å². The molecule has 25 heavy (non-hydrogen) atoms. The molecule has 1 aliphatic heterocycles. The second-order valence-electron chi connectivity index (χ2n) is 8.40. The van der Waals surface area contributed by atoms with Crippen LogP contribution < -0.4 is 16.0 Å². The summed E-state index contributed by atoms with van der Waals surface area (Å²) in [5.74, 6) is 1.23. The predicted molar refractivity (Wildman–Crippen MR) is 94.9 cm³/mol. The monoisotopic (exact) mass is 406 g/mol. The lowest BCUT2D eigenvalue weighted by Gasteiger charge is -2.72. The Morgan fingerprint density at radius 3 is 2.72 bits per heavy atom. The smallest absolute Gasteiger partial charge is 0.204 e. The Balaban J connectivity index is 1.19. The number of rotatable bonds is 4. The number of furan rings is 1. The summed E-state index contributed by atoms with van der Waals surface area (Å²) in [6.07, 6.45) is 6.45. The number of nitrogens with zero attached hydrogens (tertiary/aromatic N) is 1. The molecule has 0 radical (unpaired) electrons. The van der Waals surface area contributed by atoms with Gasteiger partial charge >= 0.3 is 0 Å². The van der Waals surface area contributed by atoms with Gasteiger partial charge in [0.1, 0.15) is 11.8 Å². The molecule has 7 heteroatoms. The van der Waals surface area contributed by atoms with E-state index in [1.165, 1.54) is 0 Å². The van der Waals surface area contributed by atoms with Gasteiger partial charge in [0.2, 0.25) is 5.76 Å². The van der Waals surface area contributed by atoms with Crippen molar-refractivity contribution in [3.05, 3.63) is 23.2 Å². The first-order valence-electron chi connectivity index (χ1n) is 9.14. The topological polar surface area (TPSA) is 93.2 Å². The number of alkyl halides is 1. The molecule has 4 aliphatic carbocycles. The summed E-state index contributed by atoms with van der Waals surface area (Å²) in [4.78, 5) is 0.102. The predicted octanol–water partition coefficient (Wildman–Crippen LogP) is 1.78. The van der Waals surface area contributed by atoms with Gasteiger partial charge < -0.3 is 14.8 Å². The lowest BCUT2D eigenvalue weighted by atomic mass is 9.44. The van der Waals surface area contributed by atoms with Gasteiger partial charge in [-0.05, 0) is 44.6 Å². The fourth-order valence-corrected chi connectivity index (χ4v) is 6.13. The van der Waals surface area contributed by atoms with Gasteiger partial charge in [0.05, 0.1) is 23.6 Å². The summed E-state index contributed by atoms with van der Waals surface area (Å²) in [5, 5.41) is 29.8. The number of nitrogens with one attached hydrogen (secondary N) is 3. The van der Waals surface area contributed by atoms with Crippen molar-refractivity contribution >= 4 is 15.9 Å². The molecular formula is C18H23BrN4O2. The van der Waals surface area contributed by atoms with Crippen molar-refractivity contribution in [3.8, 4) is 6.07 Å². The molecule has 4 N–H and O–H groups in total. The maximum atomic E-state index is 9.70. The van der Waals surface area contributed by atoms with E-state index in [1.54, 1.807) is 0 Å². The van der Waals surface area contributed by atoms with Gasteiger partial charge in [0.25, 0.3) is 0 Å². The van der Waals surface area contributed by atoms with E-state index in [4.69, 9.17) is 9.68 Å². The maximum absolute atomic E-state index is 9.70. The van der Waals surface area contributed by atoms with Crippen LogP contribution in [0, 0.1) is 11.3 Å². The normalized spacial score (nSPS) is 44.5. The molecule has 4 fully saturated rings. The van der Waals surface area contributed by atoms with Gasteiger partial charge in [-0.25, -0.2) is 0 Å². The first kappa shape index (κ1) is 16.3. The SMILES string of the molecule is N#Cc1cc2c(o1)CNC(NC13CC(NC4CCC(O)C4)(C1)C3)C2Br. The lowest BCUT2D eigenvalue weighted by Crippen LogP contribution is -2.85. The molecule has 1 aromatic rings. The fraction of sp³-hybridized carbons (Fsp3) is 0.722. The summed E-state index contributed by atoms with van der Waals surface area (Å²) >= 11 is 3.77. The van der Waals surface area contributed by atoms with E-state index >= 15 is 0 Å². The number of hydrogen-bond acceptors (Lipinski definition) is 6. The molecule has 1 aromatic heterocycles. The van der Waals surface area contributed by atoms with E-state index in [-0.39, 0.29) is 22.6 Å². The zero-order valence-corrected chi connectivity index (χ0v) is 15.6. The second-order valence-corrected chi connectivity index (χ2v) is 9.39. The van der Waals surface area contributed by atoms with Gasteiger partial charge in [-0.15, -0.1) is 0 Å². The molecule has 6 rings (SSSR count). The summed E-state index contributed by atoms with van der Waals surface area (Å²) < 4.78 is 5.54. The third-order valence-electron chi connectivity index (χ3n) is 6.43. The first-order valence-corrected chi connectivity index (χ1v) is 10.1. The number of nitriles is 1. The van der Waals surface area contributed by atoms with Gasteiger partial charge in [-0.2, -0.15) is 5.26 Å². The number of fused-ring (bicyclic) bond motifs is 1. The highest BCUT2D eigenvalue weighted by atomic mass is 79.9. The zero-order chi connectivity index (χ0) is 17.2. The van der Waals surface area contributed by atoms with Crippen molar-refractivity contribution in [1.82, 2.24) is 16.0 Å². The van der Waals surface area contributed by atoms with E-state index in [1.807, 2.05) is 6.07 Å². The molecule has 0 aromatic carbocycles. The van der Waals surface area contributed by atoms with Crippen LogP contribution in [0.3, 0.4) is 0 Å². The maximum Gasteiger partial charge on any atom is 0.204 e. The highest BCUT2D eigenvalue weighted by Crippen LogP contribution is 2.61. The van der Waals surface area contributed by atoms with Gasteiger partial charge in [-0.1, -0.05) is 15.9 Å². The third kappa shape index (κ3) is 2.58. The Morgan fingerprint density at radius 1 is 1.28 bits per heavy atom. The van der Waals surface area contributed by atoms with Crippen LogP contribution in [-0.2, 0) is 6.54 Å². The number of hydrogen-bond donors (Lipinski definition) is 4. The van der Waals surface area contributed by atoms with E-state index < -0.39 is 0 Å². The minimum Gasteiger partial charge on any atom is -0.449 e. The van der Waals surface area contributed by atoms with Crippen LogP contribution in [0.2, 0.25) is 0 Å². The molecule has 2 bridgehead atoms. The fourth-order valence-electron chi connectivity index (χ4n) is 5.43. The van der Waals surface area contributed by atoms with Crippen molar-refractivity contribution in [2.45, 2.75) is 79.3 Å². The van der Waals surface area contributed by atoms with Crippen LogP contribution in [0.4, 0.5) is 0 Å². The van der Waals surface area contributed by atoms with Gasteiger partial charge in [-0.3, -0.25) is 10.6 Å². The average molecular weight is 407 g/mol. The van der Waals surface area contributed by atoms with Crippen molar-refractivity contribution in [2.75, 3.05) is 0 Å². The standard InChI is InChI=1S/C18H23BrN4O2/c19-15-13-4-12(5-20)25-14(13)6-21-16(15)23-18-7-17(8-18,9-18)22-10-1-2-11(24)3-10/h4,10-11,15-16,21-24H,1-3,6-9H2. The quantitative estimate of drug-likeness (QED) is 0.569. The average Bonchev–Trinajstić information content (AvgIpc) is 3.12. The first-order chi connectivity index (χ1) is 12.0. The van der Waals surface area contributed by atoms with Gasteiger partial charge in [0, 0.05) is 22.7 Å². The summed E-state index contributed by atoms with van der Waals surface area (Å²) in [6.45, 7) is 0.649. The third-order valence-corrected chi connectivity index (χ3v) is 7.45. The molecule has 0 amide bonds. The molecule has 4 unspecified atom stereocenters. The zero-order valence-electron chi connectivity index (χ0n) is 14.0. The van der Waals surface area contributed by atoms with Crippen LogP contribution in [0.15, 0.2) is 10.5 Å².